The molecule has 0 bridgehead atoms. The maximum atomic E-state index is 6.16. The molecule has 0 aliphatic heterocycles. The van der Waals surface area contributed by atoms with Crippen molar-refractivity contribution < 1.29 is 0 Å². The van der Waals surface area contributed by atoms with Crippen LogP contribution in [0, 0.1) is 0 Å². The van der Waals surface area contributed by atoms with Crippen LogP contribution in [0.15, 0.2) is 0 Å². The number of hydrogen-bond donors (Lipinski definition) is 0. The minimum atomic E-state index is -1.84. The van der Waals surface area contributed by atoms with Crippen molar-refractivity contribution in [1.82, 2.24) is 0 Å². The fraction of sp³-hybridized carbons (Fsp3) is 1.00. The molecule has 0 rings (SSSR count). The molecule has 0 aromatic heterocycles. The van der Waals surface area contributed by atoms with Gasteiger partial charge in [-0.05, 0) is 23.4 Å². The van der Waals surface area contributed by atoms with Gasteiger partial charge in [-0.1, -0.05) is 228 Å². The molecule has 0 aliphatic rings. The molecule has 242 valence electrons. The van der Waals surface area contributed by atoms with Gasteiger partial charge < -0.3 is 0 Å². The van der Waals surface area contributed by atoms with Gasteiger partial charge in [-0.15, -0.1) is 22.2 Å². The molecule has 0 fully saturated rings. The zero-order valence-corrected chi connectivity index (χ0v) is 32.1. The normalized spacial score (nSPS) is 12.0. The molecule has 0 nitrogen and oxygen atoms in total. The van der Waals surface area contributed by atoms with Crippen molar-refractivity contribution in [3.05, 3.63) is 0 Å². The van der Waals surface area contributed by atoms with Gasteiger partial charge in [0.1, 0.15) is 0 Å². The lowest BCUT2D eigenvalue weighted by Gasteiger charge is -2.09. The van der Waals surface area contributed by atoms with Gasteiger partial charge in [-0.2, -0.15) is 0 Å². The van der Waals surface area contributed by atoms with E-state index < -0.39 is 6.69 Å². The standard InChI is InChI=1S/C36H73Cl2ISi/c1-40(37,38)36-34-32-30-28-26-24-22-20-18-16-14-12-10-8-6-4-2-3-5-7-9-11-13-15-17-19-21-23-25-27-29-31-33-35-39/h2-36H2,1H3. The lowest BCUT2D eigenvalue weighted by Crippen LogP contribution is -2.11. The van der Waals surface area contributed by atoms with Crippen molar-refractivity contribution >= 4 is 51.4 Å². The highest BCUT2D eigenvalue weighted by molar-refractivity contribution is 14.1. The van der Waals surface area contributed by atoms with E-state index in [4.69, 9.17) is 22.2 Å². The van der Waals surface area contributed by atoms with Crippen molar-refractivity contribution in [1.29, 1.82) is 0 Å². The summed E-state index contributed by atoms with van der Waals surface area (Å²) in [5.74, 6) is 0. The Morgan fingerprint density at radius 3 is 0.600 bits per heavy atom. The Labute approximate surface area is 278 Å². The second-order valence-electron chi connectivity index (χ2n) is 13.2. The van der Waals surface area contributed by atoms with Crippen LogP contribution >= 0.6 is 44.7 Å². The summed E-state index contributed by atoms with van der Waals surface area (Å²) in [6, 6.07) is 1.07. The number of rotatable bonds is 35. The first kappa shape index (κ1) is 41.5. The molecule has 0 heterocycles. The zero-order valence-electron chi connectivity index (χ0n) is 27.4. The van der Waals surface area contributed by atoms with Crippen LogP contribution in [-0.4, -0.2) is 11.1 Å². The van der Waals surface area contributed by atoms with E-state index in [0.717, 1.165) is 6.04 Å². The van der Waals surface area contributed by atoms with Crippen LogP contribution in [0.2, 0.25) is 12.6 Å². The maximum Gasteiger partial charge on any atom is 0.248 e. The number of hydrogen-bond acceptors (Lipinski definition) is 0. The van der Waals surface area contributed by atoms with Gasteiger partial charge in [0.2, 0.25) is 6.69 Å². The molecule has 0 saturated heterocycles. The van der Waals surface area contributed by atoms with Gasteiger partial charge in [0.05, 0.1) is 0 Å². The Hall–Kier alpha value is 1.53. The van der Waals surface area contributed by atoms with E-state index in [9.17, 15) is 0 Å². The van der Waals surface area contributed by atoms with E-state index >= 15 is 0 Å². The molecule has 0 saturated carbocycles. The van der Waals surface area contributed by atoms with Crippen LogP contribution in [0.4, 0.5) is 0 Å². The van der Waals surface area contributed by atoms with Crippen molar-refractivity contribution in [3.8, 4) is 0 Å². The predicted octanol–water partition coefficient (Wildman–Crippen LogP) is 15.8. The van der Waals surface area contributed by atoms with Gasteiger partial charge in [-0.3, -0.25) is 0 Å². The summed E-state index contributed by atoms with van der Waals surface area (Å²) >= 11 is 14.8. The van der Waals surface area contributed by atoms with Crippen molar-refractivity contribution in [2.45, 2.75) is 224 Å². The Balaban J connectivity index is 3.04. The molecule has 0 amide bonds. The van der Waals surface area contributed by atoms with Crippen molar-refractivity contribution in [3.63, 3.8) is 0 Å². The number of alkyl halides is 1. The molecule has 40 heavy (non-hydrogen) atoms. The minimum absolute atomic E-state index is 1.07. The molecule has 4 heteroatoms. The van der Waals surface area contributed by atoms with Crippen LogP contribution in [0.5, 0.6) is 0 Å². The topological polar surface area (TPSA) is 0 Å². The van der Waals surface area contributed by atoms with E-state index in [-0.39, 0.29) is 0 Å². The van der Waals surface area contributed by atoms with Gasteiger partial charge in [0.25, 0.3) is 0 Å². The number of halogens is 3. The summed E-state index contributed by atoms with van der Waals surface area (Å²) in [5, 5.41) is 0. The van der Waals surface area contributed by atoms with E-state index in [1.165, 1.54) is 216 Å². The highest BCUT2D eigenvalue weighted by atomic mass is 127. The zero-order chi connectivity index (χ0) is 29.2. The van der Waals surface area contributed by atoms with Crippen molar-refractivity contribution in [2.75, 3.05) is 4.43 Å². The fourth-order valence-electron chi connectivity index (χ4n) is 6.01. The van der Waals surface area contributed by atoms with Gasteiger partial charge in [-0.25, -0.2) is 0 Å². The quantitative estimate of drug-likeness (QED) is 0.0200. The highest BCUT2D eigenvalue weighted by Crippen LogP contribution is 2.23. The Kier molecular flexibility index (Phi) is 36.3. The van der Waals surface area contributed by atoms with Crippen LogP contribution in [-0.2, 0) is 0 Å². The summed E-state index contributed by atoms with van der Waals surface area (Å²) in [5.41, 5.74) is 0. The maximum absolute atomic E-state index is 6.16. The molecule has 0 atom stereocenters. The first-order chi connectivity index (χ1) is 19.6. The summed E-state index contributed by atoms with van der Waals surface area (Å²) in [6.45, 7) is 0.203. The smallest absolute Gasteiger partial charge is 0.146 e. The largest absolute Gasteiger partial charge is 0.248 e. The van der Waals surface area contributed by atoms with Crippen LogP contribution in [0.3, 0.4) is 0 Å². The van der Waals surface area contributed by atoms with E-state index in [0.29, 0.717) is 0 Å². The van der Waals surface area contributed by atoms with Gasteiger partial charge >= 0.3 is 0 Å². The summed E-state index contributed by atoms with van der Waals surface area (Å²) in [4.78, 5) is 0. The highest BCUT2D eigenvalue weighted by Gasteiger charge is 2.19. The molecule has 0 aliphatic carbocycles. The summed E-state index contributed by atoms with van der Waals surface area (Å²) < 4.78 is 1.34. The third-order valence-corrected chi connectivity index (χ3v) is 11.9. The first-order valence-corrected chi connectivity index (χ1v) is 24.8. The molecular weight excluding hydrogens is 658 g/mol. The average molecular weight is 732 g/mol. The molecule has 0 spiro atoms. The third kappa shape index (κ3) is 39.5. The van der Waals surface area contributed by atoms with Gasteiger partial charge in [0.15, 0.2) is 0 Å². The van der Waals surface area contributed by atoms with E-state index in [1.54, 1.807) is 0 Å². The average Bonchev–Trinajstić information content (AvgIpc) is 2.92. The van der Waals surface area contributed by atoms with Crippen LogP contribution < -0.4 is 0 Å². The SMILES string of the molecule is C[Si](Cl)(Cl)CCCCCCCCCCCCCCCCCCCCCCCCCCCCCCCCCCCI. The van der Waals surface area contributed by atoms with Crippen molar-refractivity contribution in [2.24, 2.45) is 0 Å². The first-order valence-electron chi connectivity index (χ1n) is 18.5. The lowest BCUT2D eigenvalue weighted by atomic mass is 10.0. The molecule has 0 radical (unpaired) electrons. The van der Waals surface area contributed by atoms with Crippen LogP contribution in [0.25, 0.3) is 0 Å². The lowest BCUT2D eigenvalue weighted by molar-refractivity contribution is 0.512. The predicted molar refractivity (Wildman–Crippen MR) is 199 cm³/mol. The molecular formula is C36H73Cl2ISi. The Morgan fingerprint density at radius 2 is 0.450 bits per heavy atom. The van der Waals surface area contributed by atoms with Gasteiger partial charge in [0, 0.05) is 0 Å². The number of unbranched alkanes of at least 4 members (excludes halogenated alkanes) is 32. The third-order valence-electron chi connectivity index (χ3n) is 8.75. The van der Waals surface area contributed by atoms with Crippen LogP contribution in [0.1, 0.15) is 212 Å². The second-order valence-corrected chi connectivity index (χ2v) is 22.5. The monoisotopic (exact) mass is 730 g/mol. The summed E-state index contributed by atoms with van der Waals surface area (Å²) in [6.07, 6.45) is 48.1. The molecule has 0 aromatic carbocycles. The Morgan fingerprint density at radius 1 is 0.300 bits per heavy atom. The molecule has 0 N–H and O–H groups in total. The molecule has 0 aromatic rings. The molecule has 0 unspecified atom stereocenters. The summed E-state index contributed by atoms with van der Waals surface area (Å²) in [7, 11) is 0. The Bertz CT molecular complexity index is 455. The second kappa shape index (κ2) is 35.0. The minimum Gasteiger partial charge on any atom is -0.146 e. The van der Waals surface area contributed by atoms with E-state index in [1.807, 2.05) is 6.55 Å². The fourth-order valence-corrected chi connectivity index (χ4v) is 8.22. The van der Waals surface area contributed by atoms with E-state index in [2.05, 4.69) is 22.6 Å².